The SMILES string of the molecule is NCCC(C(=O)O)S(=O)c1ccccc1Br. The van der Waals surface area contributed by atoms with Gasteiger partial charge in [0.05, 0.1) is 15.7 Å². The summed E-state index contributed by atoms with van der Waals surface area (Å²) in [6.07, 6.45) is 0.198. The normalized spacial score (nSPS) is 14.4. The molecule has 1 rings (SSSR count). The first kappa shape index (κ1) is 13.3. The second-order valence-corrected chi connectivity index (χ2v) is 5.59. The molecule has 2 unspecified atom stereocenters. The molecule has 0 aromatic heterocycles. The van der Waals surface area contributed by atoms with Crippen molar-refractivity contribution in [2.24, 2.45) is 5.73 Å². The van der Waals surface area contributed by atoms with Crippen LogP contribution in [0.1, 0.15) is 6.42 Å². The molecule has 0 heterocycles. The van der Waals surface area contributed by atoms with E-state index in [1.165, 1.54) is 0 Å². The van der Waals surface area contributed by atoms with Gasteiger partial charge in [-0.3, -0.25) is 9.00 Å². The first-order valence-corrected chi connectivity index (χ1v) is 6.66. The van der Waals surface area contributed by atoms with Crippen LogP contribution in [0.4, 0.5) is 0 Å². The average molecular weight is 306 g/mol. The van der Waals surface area contributed by atoms with Gasteiger partial charge in [0.1, 0.15) is 5.25 Å². The van der Waals surface area contributed by atoms with Crippen molar-refractivity contribution >= 4 is 32.7 Å². The van der Waals surface area contributed by atoms with E-state index in [4.69, 9.17) is 10.8 Å². The van der Waals surface area contributed by atoms with Gasteiger partial charge in [-0.2, -0.15) is 0 Å². The summed E-state index contributed by atoms with van der Waals surface area (Å²) in [4.78, 5) is 11.4. The first-order valence-electron chi connectivity index (χ1n) is 4.66. The Hall–Kier alpha value is -0.720. The van der Waals surface area contributed by atoms with Crippen molar-refractivity contribution in [3.05, 3.63) is 28.7 Å². The van der Waals surface area contributed by atoms with Crippen LogP contribution in [0.3, 0.4) is 0 Å². The van der Waals surface area contributed by atoms with E-state index in [9.17, 15) is 9.00 Å². The van der Waals surface area contributed by atoms with Crippen molar-refractivity contribution in [1.82, 2.24) is 0 Å². The molecule has 3 N–H and O–H groups in total. The van der Waals surface area contributed by atoms with Crippen LogP contribution in [-0.4, -0.2) is 27.1 Å². The van der Waals surface area contributed by atoms with Crippen LogP contribution in [0.25, 0.3) is 0 Å². The van der Waals surface area contributed by atoms with Gasteiger partial charge in [0.2, 0.25) is 0 Å². The molecule has 0 aliphatic heterocycles. The molecule has 0 saturated heterocycles. The molecule has 1 aromatic rings. The highest BCUT2D eigenvalue weighted by molar-refractivity contribution is 9.10. The Morgan fingerprint density at radius 1 is 1.50 bits per heavy atom. The Morgan fingerprint density at radius 2 is 2.12 bits per heavy atom. The second-order valence-electron chi connectivity index (χ2n) is 3.13. The molecule has 6 heteroatoms. The molecule has 0 aliphatic carbocycles. The molecule has 16 heavy (non-hydrogen) atoms. The third kappa shape index (κ3) is 3.13. The number of aliphatic carboxylic acids is 1. The largest absolute Gasteiger partial charge is 0.480 e. The summed E-state index contributed by atoms with van der Waals surface area (Å²) in [6, 6.07) is 6.88. The quantitative estimate of drug-likeness (QED) is 0.861. The number of hydrogen-bond acceptors (Lipinski definition) is 3. The van der Waals surface area contributed by atoms with Crippen LogP contribution in [-0.2, 0) is 15.6 Å². The highest BCUT2D eigenvalue weighted by atomic mass is 79.9. The summed E-state index contributed by atoms with van der Waals surface area (Å²) in [5.74, 6) is -1.08. The van der Waals surface area contributed by atoms with Gasteiger partial charge < -0.3 is 10.8 Å². The Bertz CT molecular complexity index is 411. The van der Waals surface area contributed by atoms with E-state index in [0.717, 1.165) is 0 Å². The molecule has 0 spiro atoms. The first-order chi connectivity index (χ1) is 7.57. The second kappa shape index (κ2) is 6.12. The molecule has 4 nitrogen and oxygen atoms in total. The van der Waals surface area contributed by atoms with Gasteiger partial charge in [0, 0.05) is 4.47 Å². The maximum atomic E-state index is 12.0. The van der Waals surface area contributed by atoms with E-state index in [2.05, 4.69) is 15.9 Å². The van der Waals surface area contributed by atoms with Gasteiger partial charge in [-0.25, -0.2) is 0 Å². The van der Waals surface area contributed by atoms with Crippen molar-refractivity contribution in [1.29, 1.82) is 0 Å². The minimum atomic E-state index is -1.59. The summed E-state index contributed by atoms with van der Waals surface area (Å²) in [5.41, 5.74) is 5.31. The standard InChI is InChI=1S/C10H12BrNO3S/c11-7-3-1-2-4-8(7)16(15)9(5-6-12)10(13)14/h1-4,9H,5-6,12H2,(H,13,14). The number of hydrogen-bond donors (Lipinski definition) is 2. The van der Waals surface area contributed by atoms with Crippen LogP contribution < -0.4 is 5.73 Å². The van der Waals surface area contributed by atoms with Crippen LogP contribution in [0.5, 0.6) is 0 Å². The summed E-state index contributed by atoms with van der Waals surface area (Å²) in [7, 11) is -1.59. The molecule has 0 fully saturated rings. The molecule has 0 saturated carbocycles. The average Bonchev–Trinajstić information content (AvgIpc) is 2.25. The number of rotatable bonds is 5. The lowest BCUT2D eigenvalue weighted by Gasteiger charge is -2.11. The van der Waals surface area contributed by atoms with Crippen molar-refractivity contribution in [2.75, 3.05) is 6.54 Å². The monoisotopic (exact) mass is 305 g/mol. The number of carboxylic acid groups (broad SMARTS) is 1. The maximum Gasteiger partial charge on any atom is 0.319 e. The van der Waals surface area contributed by atoms with E-state index in [0.29, 0.717) is 9.37 Å². The molecule has 2 atom stereocenters. The predicted octanol–water partition coefficient (Wildman–Crippen LogP) is 1.36. The van der Waals surface area contributed by atoms with Gasteiger partial charge in [0.15, 0.2) is 0 Å². The van der Waals surface area contributed by atoms with E-state index in [1.54, 1.807) is 24.3 Å². The Kier molecular flexibility index (Phi) is 5.11. The Balaban J connectivity index is 2.99. The lowest BCUT2D eigenvalue weighted by Crippen LogP contribution is -2.28. The van der Waals surface area contributed by atoms with Crippen LogP contribution in [0.2, 0.25) is 0 Å². The topological polar surface area (TPSA) is 80.4 Å². The van der Waals surface area contributed by atoms with Crippen molar-refractivity contribution in [3.63, 3.8) is 0 Å². The lowest BCUT2D eigenvalue weighted by molar-refractivity contribution is -0.136. The molecule has 0 radical (unpaired) electrons. The number of benzene rings is 1. The van der Waals surface area contributed by atoms with E-state index in [1.807, 2.05) is 0 Å². The molecular weight excluding hydrogens is 294 g/mol. The van der Waals surface area contributed by atoms with Gasteiger partial charge in [-0.15, -0.1) is 0 Å². The Morgan fingerprint density at radius 3 is 2.62 bits per heavy atom. The fourth-order valence-corrected chi connectivity index (χ4v) is 3.31. The molecular formula is C10H12BrNO3S. The fourth-order valence-electron chi connectivity index (χ4n) is 1.23. The van der Waals surface area contributed by atoms with Crippen LogP contribution >= 0.6 is 15.9 Å². The summed E-state index contributed by atoms with van der Waals surface area (Å²) < 4.78 is 12.7. The van der Waals surface area contributed by atoms with Crippen LogP contribution in [0, 0.1) is 0 Å². The third-order valence-corrected chi connectivity index (χ3v) is 4.71. The molecule has 1 aromatic carbocycles. The zero-order chi connectivity index (χ0) is 12.1. The highest BCUT2D eigenvalue weighted by Gasteiger charge is 2.26. The minimum Gasteiger partial charge on any atom is -0.480 e. The molecule has 0 amide bonds. The summed E-state index contributed by atoms with van der Waals surface area (Å²) >= 11 is 3.25. The smallest absolute Gasteiger partial charge is 0.319 e. The third-order valence-electron chi connectivity index (χ3n) is 2.02. The molecule has 0 aliphatic rings. The lowest BCUT2D eigenvalue weighted by atomic mass is 10.3. The van der Waals surface area contributed by atoms with Gasteiger partial charge in [0.25, 0.3) is 0 Å². The van der Waals surface area contributed by atoms with Crippen LogP contribution in [0.15, 0.2) is 33.6 Å². The van der Waals surface area contributed by atoms with Crippen molar-refractivity contribution in [3.8, 4) is 0 Å². The Labute approximate surface area is 104 Å². The van der Waals surface area contributed by atoms with Crippen molar-refractivity contribution in [2.45, 2.75) is 16.6 Å². The van der Waals surface area contributed by atoms with E-state index >= 15 is 0 Å². The molecule has 88 valence electrons. The van der Waals surface area contributed by atoms with Gasteiger partial charge in [-0.05, 0) is 41.0 Å². The highest BCUT2D eigenvalue weighted by Crippen LogP contribution is 2.23. The number of carboxylic acids is 1. The zero-order valence-corrected chi connectivity index (χ0v) is 10.8. The minimum absolute atomic E-state index is 0.198. The summed E-state index contributed by atoms with van der Waals surface area (Å²) in [5, 5.41) is 8.01. The van der Waals surface area contributed by atoms with Gasteiger partial charge >= 0.3 is 5.97 Å². The zero-order valence-electron chi connectivity index (χ0n) is 8.43. The predicted molar refractivity (Wildman–Crippen MR) is 65.6 cm³/mol. The maximum absolute atomic E-state index is 12.0. The van der Waals surface area contributed by atoms with E-state index < -0.39 is 22.0 Å². The van der Waals surface area contributed by atoms with Gasteiger partial charge in [-0.1, -0.05) is 12.1 Å². The number of carbonyl (C=O) groups is 1. The number of nitrogens with two attached hydrogens (primary N) is 1. The molecule has 0 bridgehead atoms. The fraction of sp³-hybridized carbons (Fsp3) is 0.300. The van der Waals surface area contributed by atoms with Crippen molar-refractivity contribution < 1.29 is 14.1 Å². The number of halogens is 1. The summed E-state index contributed by atoms with van der Waals surface area (Å²) in [6.45, 7) is 0.202. The van der Waals surface area contributed by atoms with E-state index in [-0.39, 0.29) is 13.0 Å².